The van der Waals surface area contributed by atoms with E-state index < -0.39 is 0 Å². The number of imidazole rings is 1. The third kappa shape index (κ3) is 2.07. The molecule has 0 amide bonds. The van der Waals surface area contributed by atoms with Gasteiger partial charge >= 0.3 is 0 Å². The Morgan fingerprint density at radius 3 is 3.07 bits per heavy atom. The maximum atomic E-state index is 4.54. The van der Waals surface area contributed by atoms with Crippen LogP contribution in [0.4, 0.5) is 0 Å². The number of nitrogens with one attached hydrogen (secondary N) is 1. The summed E-state index contributed by atoms with van der Waals surface area (Å²) in [5.74, 6) is 2.90. The van der Waals surface area contributed by atoms with E-state index in [1.807, 2.05) is 6.20 Å². The number of rotatable bonds is 3. The van der Waals surface area contributed by atoms with Gasteiger partial charge in [0.05, 0.1) is 0 Å². The zero-order valence-electron chi connectivity index (χ0n) is 9.15. The van der Waals surface area contributed by atoms with Gasteiger partial charge in [-0.25, -0.2) is 4.98 Å². The normalized spacial score (nSPS) is 26.8. The summed E-state index contributed by atoms with van der Waals surface area (Å²) in [5.41, 5.74) is 0. The lowest BCUT2D eigenvalue weighted by molar-refractivity contribution is 0.428. The molecule has 1 aliphatic carbocycles. The second-order valence-corrected chi connectivity index (χ2v) is 4.92. The topological polar surface area (TPSA) is 29.9 Å². The van der Waals surface area contributed by atoms with Crippen LogP contribution in [-0.4, -0.2) is 22.6 Å². The van der Waals surface area contributed by atoms with Crippen molar-refractivity contribution < 1.29 is 0 Å². The lowest BCUT2D eigenvalue weighted by Gasteiger charge is -2.23. The van der Waals surface area contributed by atoms with Crippen LogP contribution in [0.25, 0.3) is 0 Å². The molecule has 3 nitrogen and oxygen atoms in total. The van der Waals surface area contributed by atoms with Crippen molar-refractivity contribution in [2.45, 2.75) is 38.1 Å². The van der Waals surface area contributed by atoms with Crippen LogP contribution in [-0.2, 0) is 6.54 Å². The minimum Gasteiger partial charge on any atom is -0.334 e. The molecule has 82 valence electrons. The zero-order chi connectivity index (χ0) is 10.1. The number of hydrogen-bond donors (Lipinski definition) is 1. The van der Waals surface area contributed by atoms with Gasteiger partial charge in [-0.1, -0.05) is 0 Å². The maximum absolute atomic E-state index is 4.54. The average molecular weight is 205 g/mol. The molecule has 0 aromatic carbocycles. The fraction of sp³-hybridized carbons (Fsp3) is 0.750. The number of aromatic nitrogens is 2. The predicted octanol–water partition coefficient (Wildman–Crippen LogP) is 1.76. The fourth-order valence-corrected chi connectivity index (χ4v) is 2.49. The van der Waals surface area contributed by atoms with E-state index in [1.54, 1.807) is 0 Å². The Morgan fingerprint density at radius 1 is 1.40 bits per heavy atom. The molecule has 2 fully saturated rings. The largest absolute Gasteiger partial charge is 0.334 e. The van der Waals surface area contributed by atoms with Crippen molar-refractivity contribution >= 4 is 0 Å². The van der Waals surface area contributed by atoms with E-state index in [4.69, 9.17) is 0 Å². The minimum absolute atomic E-state index is 0.646. The van der Waals surface area contributed by atoms with Crippen molar-refractivity contribution in [3.8, 4) is 0 Å². The fourth-order valence-electron chi connectivity index (χ4n) is 2.49. The van der Waals surface area contributed by atoms with Gasteiger partial charge < -0.3 is 9.88 Å². The molecule has 1 aromatic rings. The SMILES string of the molecule is c1cn(CC2CC2)c([C@H]2CCCNC2)n1. The third-order valence-electron chi connectivity index (χ3n) is 3.56. The van der Waals surface area contributed by atoms with Gasteiger partial charge in [0.15, 0.2) is 0 Å². The van der Waals surface area contributed by atoms with Crippen molar-refractivity contribution in [1.29, 1.82) is 0 Å². The summed E-state index contributed by atoms with van der Waals surface area (Å²) in [7, 11) is 0. The molecule has 15 heavy (non-hydrogen) atoms. The lowest BCUT2D eigenvalue weighted by atomic mass is 9.99. The van der Waals surface area contributed by atoms with Gasteiger partial charge in [0, 0.05) is 31.4 Å². The first-order valence-corrected chi connectivity index (χ1v) is 6.15. The molecule has 1 atom stereocenters. The molecule has 1 N–H and O–H groups in total. The molecule has 1 aromatic heterocycles. The summed E-state index contributed by atoms with van der Waals surface area (Å²) in [4.78, 5) is 4.54. The highest BCUT2D eigenvalue weighted by Gasteiger charge is 2.25. The molecule has 1 saturated heterocycles. The summed E-state index contributed by atoms with van der Waals surface area (Å²) in [5, 5.41) is 3.47. The van der Waals surface area contributed by atoms with Crippen molar-refractivity contribution in [3.05, 3.63) is 18.2 Å². The van der Waals surface area contributed by atoms with Crippen LogP contribution in [0.1, 0.15) is 37.4 Å². The first-order chi connectivity index (χ1) is 7.43. The first kappa shape index (κ1) is 9.40. The van der Waals surface area contributed by atoms with E-state index in [9.17, 15) is 0 Å². The summed E-state index contributed by atoms with van der Waals surface area (Å²) in [6.45, 7) is 3.49. The molecule has 2 heterocycles. The molecule has 3 rings (SSSR count). The Balaban J connectivity index is 1.73. The quantitative estimate of drug-likeness (QED) is 0.815. The van der Waals surface area contributed by atoms with E-state index in [1.165, 1.54) is 44.6 Å². The monoisotopic (exact) mass is 205 g/mol. The van der Waals surface area contributed by atoms with Crippen molar-refractivity contribution in [2.75, 3.05) is 13.1 Å². The van der Waals surface area contributed by atoms with Crippen LogP contribution in [0.2, 0.25) is 0 Å². The minimum atomic E-state index is 0.646. The highest BCUT2D eigenvalue weighted by Crippen LogP contribution is 2.32. The molecular weight excluding hydrogens is 186 g/mol. The molecule has 2 aliphatic rings. The Kier molecular flexibility index (Phi) is 2.49. The van der Waals surface area contributed by atoms with Gasteiger partial charge in [0.2, 0.25) is 0 Å². The lowest BCUT2D eigenvalue weighted by Crippen LogP contribution is -2.30. The standard InChI is InChI=1S/C12H19N3/c1-2-11(8-13-5-1)12-14-6-7-15(12)9-10-3-4-10/h6-7,10-11,13H,1-5,8-9H2/t11-/m0/s1. The van der Waals surface area contributed by atoms with Crippen LogP contribution in [0.3, 0.4) is 0 Å². The van der Waals surface area contributed by atoms with E-state index in [2.05, 4.69) is 21.1 Å². The Morgan fingerprint density at radius 2 is 2.33 bits per heavy atom. The smallest absolute Gasteiger partial charge is 0.113 e. The molecule has 0 radical (unpaired) electrons. The molecule has 0 unspecified atom stereocenters. The summed E-state index contributed by atoms with van der Waals surface area (Å²) >= 11 is 0. The second kappa shape index (κ2) is 3.97. The first-order valence-electron chi connectivity index (χ1n) is 6.15. The van der Waals surface area contributed by atoms with Crippen LogP contribution in [0, 0.1) is 5.92 Å². The Labute approximate surface area is 90.9 Å². The van der Waals surface area contributed by atoms with Gasteiger partial charge in [-0.2, -0.15) is 0 Å². The van der Waals surface area contributed by atoms with Crippen LogP contribution >= 0.6 is 0 Å². The van der Waals surface area contributed by atoms with E-state index in [-0.39, 0.29) is 0 Å². The van der Waals surface area contributed by atoms with Gasteiger partial charge in [-0.15, -0.1) is 0 Å². The Hall–Kier alpha value is -0.830. The highest BCUT2D eigenvalue weighted by molar-refractivity contribution is 5.03. The van der Waals surface area contributed by atoms with Crippen LogP contribution in [0.15, 0.2) is 12.4 Å². The van der Waals surface area contributed by atoms with E-state index >= 15 is 0 Å². The molecule has 0 spiro atoms. The maximum Gasteiger partial charge on any atom is 0.113 e. The van der Waals surface area contributed by atoms with Crippen molar-refractivity contribution in [3.63, 3.8) is 0 Å². The molecule has 1 saturated carbocycles. The average Bonchev–Trinajstić information content (AvgIpc) is 2.96. The number of nitrogens with zero attached hydrogens (tertiary/aromatic N) is 2. The third-order valence-corrected chi connectivity index (χ3v) is 3.56. The Bertz CT molecular complexity index is 321. The van der Waals surface area contributed by atoms with Crippen molar-refractivity contribution in [1.82, 2.24) is 14.9 Å². The number of piperidine rings is 1. The van der Waals surface area contributed by atoms with Gasteiger partial charge in [0.25, 0.3) is 0 Å². The second-order valence-electron chi connectivity index (χ2n) is 4.92. The van der Waals surface area contributed by atoms with Gasteiger partial charge in [-0.3, -0.25) is 0 Å². The molecule has 1 aliphatic heterocycles. The molecular formula is C12H19N3. The molecule has 3 heteroatoms. The number of hydrogen-bond acceptors (Lipinski definition) is 2. The van der Waals surface area contributed by atoms with Crippen molar-refractivity contribution in [2.24, 2.45) is 5.92 Å². The van der Waals surface area contributed by atoms with E-state index in [0.717, 1.165) is 12.5 Å². The predicted molar refractivity (Wildman–Crippen MR) is 59.8 cm³/mol. The summed E-state index contributed by atoms with van der Waals surface area (Å²) in [6.07, 6.45) is 9.55. The van der Waals surface area contributed by atoms with Crippen LogP contribution < -0.4 is 5.32 Å². The highest BCUT2D eigenvalue weighted by atomic mass is 15.1. The van der Waals surface area contributed by atoms with Gasteiger partial charge in [0.1, 0.15) is 5.82 Å². The summed E-state index contributed by atoms with van der Waals surface area (Å²) < 4.78 is 2.38. The zero-order valence-corrected chi connectivity index (χ0v) is 9.15. The van der Waals surface area contributed by atoms with Gasteiger partial charge in [-0.05, 0) is 38.1 Å². The molecule has 0 bridgehead atoms. The van der Waals surface area contributed by atoms with E-state index in [0.29, 0.717) is 5.92 Å². The van der Waals surface area contributed by atoms with Crippen LogP contribution in [0.5, 0.6) is 0 Å². The summed E-state index contributed by atoms with van der Waals surface area (Å²) in [6, 6.07) is 0.